The van der Waals surface area contributed by atoms with Crippen LogP contribution in [0.1, 0.15) is 35.2 Å². The lowest BCUT2D eigenvalue weighted by Crippen LogP contribution is -2.27. The third-order valence-corrected chi connectivity index (χ3v) is 6.66. The molecule has 30 heavy (non-hydrogen) atoms. The maximum Gasteiger partial charge on any atom is 0.255 e. The molecule has 9 heteroatoms. The van der Waals surface area contributed by atoms with Gasteiger partial charge in [0.1, 0.15) is 4.33 Å². The van der Waals surface area contributed by atoms with Crippen molar-refractivity contribution in [3.05, 3.63) is 62.6 Å². The lowest BCUT2D eigenvalue weighted by Gasteiger charge is -2.17. The highest BCUT2D eigenvalue weighted by atomic mass is 35.5. The standard InChI is InChI=1S/C21H19Cl5N2O2/c1-3-6-28(2)20(30)15-10-14(4-5-16(15)24)27-19(29)18-17(21(18,25)26)11-7-12(22)9-13(23)8-11/h4-5,7-10,17-18H,3,6H2,1-2H3,(H,27,29)/t17-,18+/m0/s1. The molecular formula is C21H19Cl5N2O2. The smallest absolute Gasteiger partial charge is 0.255 e. The van der Waals surface area contributed by atoms with E-state index in [1.165, 1.54) is 0 Å². The van der Waals surface area contributed by atoms with Gasteiger partial charge in [0, 0.05) is 35.2 Å². The second-order valence-electron chi connectivity index (χ2n) is 7.24. The van der Waals surface area contributed by atoms with Crippen LogP contribution in [-0.4, -0.2) is 34.6 Å². The van der Waals surface area contributed by atoms with Gasteiger partial charge < -0.3 is 10.2 Å². The predicted molar refractivity (Wildman–Crippen MR) is 124 cm³/mol. The van der Waals surface area contributed by atoms with Crippen molar-refractivity contribution in [3.63, 3.8) is 0 Å². The van der Waals surface area contributed by atoms with Crippen LogP contribution >= 0.6 is 58.0 Å². The van der Waals surface area contributed by atoms with E-state index in [0.717, 1.165) is 6.42 Å². The Hall–Kier alpha value is -1.17. The molecule has 1 fully saturated rings. The summed E-state index contributed by atoms with van der Waals surface area (Å²) in [7, 11) is 1.70. The summed E-state index contributed by atoms with van der Waals surface area (Å²) >= 11 is 31.1. The highest BCUT2D eigenvalue weighted by molar-refractivity contribution is 6.53. The molecule has 1 aliphatic rings. The van der Waals surface area contributed by atoms with E-state index >= 15 is 0 Å². The SMILES string of the molecule is CCCN(C)C(=O)c1cc(NC(=O)[C@H]2[C@H](c3cc(Cl)cc(Cl)c3)C2(Cl)Cl)ccc1Cl. The number of hydrogen-bond donors (Lipinski definition) is 1. The van der Waals surface area contributed by atoms with Gasteiger partial charge in [-0.2, -0.15) is 0 Å². The number of nitrogens with zero attached hydrogens (tertiary/aromatic N) is 1. The zero-order valence-corrected chi connectivity index (χ0v) is 20.0. The third-order valence-electron chi connectivity index (χ3n) is 4.95. The van der Waals surface area contributed by atoms with Gasteiger partial charge in [0.15, 0.2) is 0 Å². The van der Waals surface area contributed by atoms with Crippen LogP contribution in [0.25, 0.3) is 0 Å². The summed E-state index contributed by atoms with van der Waals surface area (Å²) in [5.41, 5.74) is 1.42. The van der Waals surface area contributed by atoms with E-state index in [-0.39, 0.29) is 11.8 Å². The molecule has 0 bridgehead atoms. The number of carbonyl (C=O) groups excluding carboxylic acids is 2. The molecule has 2 atom stereocenters. The third kappa shape index (κ3) is 4.84. The number of amides is 2. The number of alkyl halides is 2. The molecule has 1 aliphatic carbocycles. The first kappa shape index (κ1) is 23.5. The molecule has 2 amide bonds. The molecule has 0 saturated heterocycles. The van der Waals surface area contributed by atoms with E-state index in [1.807, 2.05) is 6.92 Å². The van der Waals surface area contributed by atoms with Gasteiger partial charge in [-0.05, 0) is 48.4 Å². The molecule has 1 N–H and O–H groups in total. The fraction of sp³-hybridized carbons (Fsp3) is 0.333. The van der Waals surface area contributed by atoms with E-state index in [0.29, 0.717) is 38.4 Å². The fourth-order valence-electron chi connectivity index (χ4n) is 3.45. The molecular weight excluding hydrogens is 490 g/mol. The van der Waals surface area contributed by atoms with E-state index in [4.69, 9.17) is 58.0 Å². The molecule has 0 radical (unpaired) electrons. The summed E-state index contributed by atoms with van der Waals surface area (Å²) in [4.78, 5) is 27.1. The Morgan fingerprint density at radius 3 is 2.30 bits per heavy atom. The van der Waals surface area contributed by atoms with Gasteiger partial charge in [-0.3, -0.25) is 9.59 Å². The maximum absolute atomic E-state index is 12.9. The van der Waals surface area contributed by atoms with E-state index < -0.39 is 16.2 Å². The topological polar surface area (TPSA) is 49.4 Å². The second-order valence-corrected chi connectivity index (χ2v) is 9.97. The van der Waals surface area contributed by atoms with E-state index in [1.54, 1.807) is 48.3 Å². The minimum Gasteiger partial charge on any atom is -0.342 e. The average Bonchev–Trinajstić information content (AvgIpc) is 3.24. The molecule has 3 rings (SSSR count). The number of anilines is 1. The van der Waals surface area contributed by atoms with Crippen molar-refractivity contribution < 1.29 is 9.59 Å². The largest absolute Gasteiger partial charge is 0.342 e. The van der Waals surface area contributed by atoms with Crippen molar-refractivity contribution in [1.29, 1.82) is 0 Å². The molecule has 0 aromatic heterocycles. The van der Waals surface area contributed by atoms with Gasteiger partial charge in [0.25, 0.3) is 5.91 Å². The Morgan fingerprint density at radius 2 is 1.70 bits per heavy atom. The molecule has 0 unspecified atom stereocenters. The molecule has 4 nitrogen and oxygen atoms in total. The number of nitrogens with one attached hydrogen (secondary N) is 1. The monoisotopic (exact) mass is 506 g/mol. The van der Waals surface area contributed by atoms with Crippen LogP contribution in [0.4, 0.5) is 5.69 Å². The zero-order chi connectivity index (χ0) is 22.2. The molecule has 2 aromatic carbocycles. The molecule has 2 aromatic rings. The van der Waals surface area contributed by atoms with Crippen molar-refractivity contribution >= 4 is 75.5 Å². The number of rotatable bonds is 6. The van der Waals surface area contributed by atoms with Gasteiger partial charge >= 0.3 is 0 Å². The predicted octanol–water partition coefficient (Wildman–Crippen LogP) is 6.65. The highest BCUT2D eigenvalue weighted by Crippen LogP contribution is 2.65. The Morgan fingerprint density at radius 1 is 1.07 bits per heavy atom. The molecule has 0 spiro atoms. The summed E-state index contributed by atoms with van der Waals surface area (Å²) in [6.07, 6.45) is 0.820. The number of hydrogen-bond acceptors (Lipinski definition) is 2. The Balaban J connectivity index is 1.79. The first-order chi connectivity index (χ1) is 14.1. The van der Waals surface area contributed by atoms with Crippen molar-refractivity contribution in [2.45, 2.75) is 23.6 Å². The molecule has 0 aliphatic heterocycles. The summed E-state index contributed by atoms with van der Waals surface area (Å²) in [5, 5.41) is 3.96. The van der Waals surface area contributed by atoms with Crippen LogP contribution in [0.15, 0.2) is 36.4 Å². The van der Waals surface area contributed by atoms with Crippen molar-refractivity contribution in [3.8, 4) is 0 Å². The van der Waals surface area contributed by atoms with Crippen molar-refractivity contribution in [2.24, 2.45) is 5.92 Å². The van der Waals surface area contributed by atoms with Crippen LogP contribution < -0.4 is 5.32 Å². The van der Waals surface area contributed by atoms with Crippen LogP contribution in [0.5, 0.6) is 0 Å². The van der Waals surface area contributed by atoms with Crippen molar-refractivity contribution in [1.82, 2.24) is 4.90 Å². The Labute approximate surface area is 200 Å². The minimum absolute atomic E-state index is 0.222. The average molecular weight is 509 g/mol. The first-order valence-electron chi connectivity index (χ1n) is 9.26. The van der Waals surface area contributed by atoms with E-state index in [9.17, 15) is 9.59 Å². The summed E-state index contributed by atoms with van der Waals surface area (Å²) in [5.74, 6) is -1.75. The minimum atomic E-state index is -1.29. The number of halogens is 5. The summed E-state index contributed by atoms with van der Waals surface area (Å²) in [6, 6.07) is 9.71. The van der Waals surface area contributed by atoms with Crippen LogP contribution in [0, 0.1) is 5.92 Å². The van der Waals surface area contributed by atoms with Gasteiger partial charge in [-0.15, -0.1) is 23.2 Å². The fourth-order valence-corrected chi connectivity index (χ4v) is 5.02. The number of carbonyl (C=O) groups is 2. The molecule has 0 heterocycles. The second kappa shape index (κ2) is 9.13. The number of benzene rings is 2. The van der Waals surface area contributed by atoms with Crippen molar-refractivity contribution in [2.75, 3.05) is 18.9 Å². The van der Waals surface area contributed by atoms with Crippen LogP contribution in [0.2, 0.25) is 15.1 Å². The van der Waals surface area contributed by atoms with Gasteiger partial charge in [-0.1, -0.05) is 41.7 Å². The van der Waals surface area contributed by atoms with Gasteiger partial charge in [0.05, 0.1) is 16.5 Å². The van der Waals surface area contributed by atoms with Crippen LogP contribution in [-0.2, 0) is 4.79 Å². The van der Waals surface area contributed by atoms with Gasteiger partial charge in [-0.25, -0.2) is 0 Å². The molecule has 1 saturated carbocycles. The Kier molecular flexibility index (Phi) is 7.15. The highest BCUT2D eigenvalue weighted by Gasteiger charge is 2.67. The summed E-state index contributed by atoms with van der Waals surface area (Å²) in [6.45, 7) is 2.57. The van der Waals surface area contributed by atoms with Gasteiger partial charge in [0.2, 0.25) is 5.91 Å². The lowest BCUT2D eigenvalue weighted by molar-refractivity contribution is -0.117. The van der Waals surface area contributed by atoms with Crippen LogP contribution in [0.3, 0.4) is 0 Å². The van der Waals surface area contributed by atoms with E-state index in [2.05, 4.69) is 5.32 Å². The lowest BCUT2D eigenvalue weighted by atomic mass is 10.1. The Bertz CT molecular complexity index is 975. The normalized spacial score (nSPS) is 19.3. The zero-order valence-electron chi connectivity index (χ0n) is 16.2. The first-order valence-corrected chi connectivity index (χ1v) is 11.1. The maximum atomic E-state index is 12.9. The summed E-state index contributed by atoms with van der Waals surface area (Å²) < 4.78 is -1.29. The quantitative estimate of drug-likeness (QED) is 0.444. The molecule has 160 valence electrons.